The van der Waals surface area contributed by atoms with Crippen LogP contribution < -0.4 is 5.32 Å². The second kappa shape index (κ2) is 7.27. The van der Waals surface area contributed by atoms with Gasteiger partial charge in [-0.25, -0.2) is 0 Å². The third-order valence-corrected chi connectivity index (χ3v) is 3.13. The van der Waals surface area contributed by atoms with Crippen molar-refractivity contribution in [2.24, 2.45) is 0 Å². The number of rotatable bonds is 6. The Morgan fingerprint density at radius 1 is 1.12 bits per heavy atom. The van der Waals surface area contributed by atoms with Gasteiger partial charge in [0, 0.05) is 26.2 Å². The van der Waals surface area contributed by atoms with E-state index in [1.54, 1.807) is 4.90 Å². The molecule has 0 spiro atoms. The van der Waals surface area contributed by atoms with E-state index >= 15 is 0 Å². The fourth-order valence-electron chi connectivity index (χ4n) is 2.04. The van der Waals surface area contributed by atoms with Crippen molar-refractivity contribution < 1.29 is 9.59 Å². The Morgan fingerprint density at radius 3 is 2.24 bits per heavy atom. The first-order chi connectivity index (χ1) is 8.19. The van der Waals surface area contributed by atoms with Crippen LogP contribution in [0.4, 0.5) is 0 Å². The molecule has 1 rings (SSSR count). The van der Waals surface area contributed by atoms with E-state index in [-0.39, 0.29) is 24.9 Å². The van der Waals surface area contributed by atoms with Crippen molar-refractivity contribution in [2.75, 3.05) is 39.3 Å². The summed E-state index contributed by atoms with van der Waals surface area (Å²) in [6.45, 7) is 7.60. The number of hydrogen-bond donors (Lipinski definition) is 1. The SMILES string of the molecule is CCN(CC)C(=O)CNCC(=O)N1CCCC1. The van der Waals surface area contributed by atoms with Crippen LogP contribution in [0, 0.1) is 0 Å². The van der Waals surface area contributed by atoms with Crippen LogP contribution in [0.25, 0.3) is 0 Å². The number of likely N-dealkylation sites (tertiary alicyclic amines) is 1. The van der Waals surface area contributed by atoms with Crippen LogP contribution in [0.15, 0.2) is 0 Å². The average Bonchev–Trinajstić information content (AvgIpc) is 2.84. The Kier molecular flexibility index (Phi) is 5.97. The zero-order valence-corrected chi connectivity index (χ0v) is 10.9. The molecule has 5 heteroatoms. The molecule has 2 amide bonds. The highest BCUT2D eigenvalue weighted by Crippen LogP contribution is 2.06. The molecule has 0 aromatic carbocycles. The second-order valence-corrected chi connectivity index (χ2v) is 4.26. The largest absolute Gasteiger partial charge is 0.342 e. The van der Waals surface area contributed by atoms with Crippen LogP contribution in [-0.2, 0) is 9.59 Å². The lowest BCUT2D eigenvalue weighted by atomic mass is 10.4. The molecule has 17 heavy (non-hydrogen) atoms. The molecule has 1 N–H and O–H groups in total. The van der Waals surface area contributed by atoms with E-state index in [0.29, 0.717) is 0 Å². The Bertz CT molecular complexity index is 244. The summed E-state index contributed by atoms with van der Waals surface area (Å²) in [5.74, 6) is 0.166. The van der Waals surface area contributed by atoms with Gasteiger partial charge in [0.05, 0.1) is 13.1 Å². The van der Waals surface area contributed by atoms with Gasteiger partial charge < -0.3 is 9.80 Å². The van der Waals surface area contributed by atoms with Crippen molar-refractivity contribution >= 4 is 11.8 Å². The van der Waals surface area contributed by atoms with Crippen molar-refractivity contribution in [1.29, 1.82) is 0 Å². The van der Waals surface area contributed by atoms with Crippen LogP contribution in [0.2, 0.25) is 0 Å². The minimum Gasteiger partial charge on any atom is -0.342 e. The molecule has 1 heterocycles. The maximum Gasteiger partial charge on any atom is 0.236 e. The first-order valence-corrected chi connectivity index (χ1v) is 6.45. The summed E-state index contributed by atoms with van der Waals surface area (Å²) < 4.78 is 0. The maximum absolute atomic E-state index is 11.7. The van der Waals surface area contributed by atoms with Crippen LogP contribution in [0.1, 0.15) is 26.7 Å². The lowest BCUT2D eigenvalue weighted by Crippen LogP contribution is -2.42. The van der Waals surface area contributed by atoms with E-state index in [0.717, 1.165) is 39.0 Å². The molecule has 98 valence electrons. The Labute approximate surface area is 103 Å². The van der Waals surface area contributed by atoms with Crippen LogP contribution in [-0.4, -0.2) is 60.9 Å². The zero-order chi connectivity index (χ0) is 12.7. The van der Waals surface area contributed by atoms with Crippen molar-refractivity contribution in [1.82, 2.24) is 15.1 Å². The number of carbonyl (C=O) groups is 2. The molecule has 0 unspecified atom stereocenters. The van der Waals surface area contributed by atoms with Gasteiger partial charge in [-0.15, -0.1) is 0 Å². The van der Waals surface area contributed by atoms with E-state index in [4.69, 9.17) is 0 Å². The maximum atomic E-state index is 11.7. The van der Waals surface area contributed by atoms with Crippen molar-refractivity contribution in [3.63, 3.8) is 0 Å². The predicted molar refractivity (Wildman–Crippen MR) is 66.6 cm³/mol. The number of carbonyl (C=O) groups excluding carboxylic acids is 2. The van der Waals surface area contributed by atoms with Gasteiger partial charge in [-0.05, 0) is 26.7 Å². The summed E-state index contributed by atoms with van der Waals surface area (Å²) in [4.78, 5) is 26.9. The molecule has 1 aliphatic heterocycles. The third kappa shape index (κ3) is 4.34. The zero-order valence-electron chi connectivity index (χ0n) is 10.9. The molecule has 1 aliphatic rings. The van der Waals surface area contributed by atoms with Gasteiger partial charge in [0.2, 0.25) is 11.8 Å². The number of hydrogen-bond acceptors (Lipinski definition) is 3. The molecule has 0 atom stereocenters. The fraction of sp³-hybridized carbons (Fsp3) is 0.833. The molecule has 5 nitrogen and oxygen atoms in total. The van der Waals surface area contributed by atoms with E-state index < -0.39 is 0 Å². The normalized spacial score (nSPS) is 15.1. The number of nitrogens with zero attached hydrogens (tertiary/aromatic N) is 2. The van der Waals surface area contributed by atoms with Crippen LogP contribution in [0.5, 0.6) is 0 Å². The van der Waals surface area contributed by atoms with Gasteiger partial charge in [0.15, 0.2) is 0 Å². The van der Waals surface area contributed by atoms with Gasteiger partial charge in [-0.2, -0.15) is 0 Å². The molecule has 1 fully saturated rings. The summed E-state index contributed by atoms with van der Waals surface area (Å²) in [6.07, 6.45) is 2.20. The first-order valence-electron chi connectivity index (χ1n) is 6.45. The summed E-state index contributed by atoms with van der Waals surface area (Å²) in [7, 11) is 0. The van der Waals surface area contributed by atoms with E-state index in [2.05, 4.69) is 5.32 Å². The van der Waals surface area contributed by atoms with Crippen LogP contribution >= 0.6 is 0 Å². The van der Waals surface area contributed by atoms with E-state index in [1.165, 1.54) is 0 Å². The number of amides is 2. The van der Waals surface area contributed by atoms with Crippen molar-refractivity contribution in [3.05, 3.63) is 0 Å². The monoisotopic (exact) mass is 241 g/mol. The minimum atomic E-state index is 0.0595. The molecule has 0 bridgehead atoms. The fourth-order valence-corrected chi connectivity index (χ4v) is 2.04. The summed E-state index contributed by atoms with van der Waals surface area (Å²) in [5, 5.41) is 2.93. The molecular formula is C12H23N3O2. The number of nitrogens with one attached hydrogen (secondary N) is 1. The molecule has 0 saturated carbocycles. The molecule has 0 aromatic rings. The highest BCUT2D eigenvalue weighted by Gasteiger charge is 2.17. The highest BCUT2D eigenvalue weighted by molar-refractivity contribution is 5.81. The van der Waals surface area contributed by atoms with Crippen molar-refractivity contribution in [3.8, 4) is 0 Å². The van der Waals surface area contributed by atoms with Gasteiger partial charge in [0.25, 0.3) is 0 Å². The highest BCUT2D eigenvalue weighted by atomic mass is 16.2. The van der Waals surface area contributed by atoms with Gasteiger partial charge in [0.1, 0.15) is 0 Å². The molecular weight excluding hydrogens is 218 g/mol. The van der Waals surface area contributed by atoms with Gasteiger partial charge >= 0.3 is 0 Å². The lowest BCUT2D eigenvalue weighted by molar-refractivity contribution is -0.130. The summed E-state index contributed by atoms with van der Waals surface area (Å²) in [5.41, 5.74) is 0. The average molecular weight is 241 g/mol. The summed E-state index contributed by atoms with van der Waals surface area (Å²) in [6, 6.07) is 0. The minimum absolute atomic E-state index is 0.0595. The Hall–Kier alpha value is -1.10. The third-order valence-electron chi connectivity index (χ3n) is 3.13. The van der Waals surface area contributed by atoms with Gasteiger partial charge in [-0.1, -0.05) is 0 Å². The van der Waals surface area contributed by atoms with Crippen molar-refractivity contribution in [2.45, 2.75) is 26.7 Å². The predicted octanol–water partition coefficient (Wildman–Crippen LogP) is 0.0668. The van der Waals surface area contributed by atoms with E-state index in [1.807, 2.05) is 18.7 Å². The topological polar surface area (TPSA) is 52.7 Å². The molecule has 1 saturated heterocycles. The lowest BCUT2D eigenvalue weighted by Gasteiger charge is -2.19. The molecule has 0 radical (unpaired) electrons. The standard InChI is InChI=1S/C12H23N3O2/c1-3-14(4-2)11(16)9-13-10-12(17)15-7-5-6-8-15/h13H,3-10H2,1-2H3. The first kappa shape index (κ1) is 14.0. The number of likely N-dealkylation sites (N-methyl/N-ethyl adjacent to an activating group) is 1. The van der Waals surface area contributed by atoms with Gasteiger partial charge in [-0.3, -0.25) is 14.9 Å². The van der Waals surface area contributed by atoms with Crippen LogP contribution in [0.3, 0.4) is 0 Å². The Balaban J connectivity index is 2.18. The molecule has 0 aromatic heterocycles. The quantitative estimate of drug-likeness (QED) is 0.716. The van der Waals surface area contributed by atoms with E-state index in [9.17, 15) is 9.59 Å². The smallest absolute Gasteiger partial charge is 0.236 e. The summed E-state index contributed by atoms with van der Waals surface area (Å²) >= 11 is 0. The molecule has 0 aliphatic carbocycles. The Morgan fingerprint density at radius 2 is 1.71 bits per heavy atom. The second-order valence-electron chi connectivity index (χ2n) is 4.26.